The molecule has 0 aliphatic carbocycles. The number of allylic oxidation sites excluding steroid dienone is 1. The molecule has 0 atom stereocenters. The van der Waals surface area contributed by atoms with E-state index in [0.717, 1.165) is 4.90 Å². The van der Waals surface area contributed by atoms with E-state index in [1.54, 1.807) is 6.92 Å². The van der Waals surface area contributed by atoms with E-state index >= 15 is 0 Å². The third kappa shape index (κ3) is 5.75. The van der Waals surface area contributed by atoms with E-state index in [4.69, 9.17) is 16.6 Å². The number of carbonyl (C=O) groups excluding carboxylic acids is 1. The Bertz CT molecular complexity index is 647. The Hall–Kier alpha value is 1.38. The Kier molecular flexibility index (Phi) is 11.8. The molecule has 0 saturated carbocycles. The van der Waals surface area contributed by atoms with Crippen molar-refractivity contribution < 1.29 is 112 Å². The molecule has 4 nitrogen and oxygen atoms in total. The molecule has 21 heavy (non-hydrogen) atoms. The van der Waals surface area contributed by atoms with Gasteiger partial charge in [-0.2, -0.15) is 38.9 Å². The first-order valence-electron chi connectivity index (χ1n) is 5.22. The van der Waals surface area contributed by atoms with Crippen LogP contribution in [0.25, 0.3) is 4.85 Å². The maximum atomic E-state index is 11.6. The Morgan fingerprint density at radius 2 is 2.14 bits per heavy atom. The van der Waals surface area contributed by atoms with Crippen molar-refractivity contribution in [3.63, 3.8) is 0 Å². The SMILES string of the molecule is [C-]#[N+]/C(C#N)=C1\Sc2[c-]cc(C(=O)OCC)[c-]c2S1.[K+].[K+]. The minimum Gasteiger partial charge on any atom is -0.514 e. The summed E-state index contributed by atoms with van der Waals surface area (Å²) < 4.78 is 5.48. The normalized spacial score (nSPS) is 13.7. The van der Waals surface area contributed by atoms with E-state index in [0.29, 0.717) is 21.3 Å². The summed E-state index contributed by atoms with van der Waals surface area (Å²) in [6.45, 7) is 8.95. The van der Waals surface area contributed by atoms with Crippen molar-refractivity contribution in [2.45, 2.75) is 16.7 Å². The molecule has 1 aliphatic heterocycles. The zero-order valence-electron chi connectivity index (χ0n) is 11.8. The van der Waals surface area contributed by atoms with Crippen LogP contribution in [-0.2, 0) is 4.74 Å². The molecule has 0 aromatic heterocycles. The van der Waals surface area contributed by atoms with Crippen molar-refractivity contribution in [1.29, 1.82) is 5.26 Å². The van der Waals surface area contributed by atoms with Gasteiger partial charge in [0.1, 0.15) is 0 Å². The average molecular weight is 365 g/mol. The predicted octanol–water partition coefficient (Wildman–Crippen LogP) is -2.72. The Morgan fingerprint density at radius 3 is 2.71 bits per heavy atom. The van der Waals surface area contributed by atoms with Crippen LogP contribution < -0.4 is 103 Å². The van der Waals surface area contributed by atoms with Crippen LogP contribution in [0.15, 0.2) is 25.8 Å². The summed E-state index contributed by atoms with van der Waals surface area (Å²) in [4.78, 5) is 16.2. The summed E-state index contributed by atoms with van der Waals surface area (Å²) in [6.07, 6.45) is 0. The van der Waals surface area contributed by atoms with Crippen LogP contribution >= 0.6 is 23.5 Å². The van der Waals surface area contributed by atoms with E-state index in [1.165, 1.54) is 29.6 Å². The number of benzene rings is 1. The monoisotopic (exact) mass is 364 g/mol. The van der Waals surface area contributed by atoms with Crippen molar-refractivity contribution in [2.24, 2.45) is 0 Å². The maximum Gasteiger partial charge on any atom is 1.00 e. The minimum atomic E-state index is -0.449. The van der Waals surface area contributed by atoms with Gasteiger partial charge >= 0.3 is 103 Å². The second-order valence-corrected chi connectivity index (χ2v) is 5.57. The molecule has 0 amide bonds. The molecule has 8 heteroatoms. The van der Waals surface area contributed by atoms with Crippen molar-refractivity contribution in [2.75, 3.05) is 6.61 Å². The first-order valence-corrected chi connectivity index (χ1v) is 6.85. The second-order valence-electron chi connectivity index (χ2n) is 3.27. The topological polar surface area (TPSA) is 54.5 Å². The number of nitrogens with zero attached hydrogens (tertiary/aromatic N) is 2. The van der Waals surface area contributed by atoms with E-state index in [2.05, 4.69) is 17.0 Å². The number of rotatable bonds is 2. The van der Waals surface area contributed by atoms with Crippen molar-refractivity contribution >= 4 is 29.5 Å². The second kappa shape index (κ2) is 11.0. The quantitative estimate of drug-likeness (QED) is 0.247. The Labute approximate surface area is 217 Å². The molecule has 0 saturated heterocycles. The molecule has 0 N–H and O–H groups in total. The average Bonchev–Trinajstić information content (AvgIpc) is 2.83. The number of nitriles is 1. The fourth-order valence-electron chi connectivity index (χ4n) is 1.30. The van der Waals surface area contributed by atoms with Crippen LogP contribution in [0.2, 0.25) is 0 Å². The van der Waals surface area contributed by atoms with E-state index in [1.807, 2.05) is 6.07 Å². The van der Waals surface area contributed by atoms with Gasteiger partial charge in [-0.3, -0.25) is 18.2 Å². The standard InChI is InChI=1S/C13H6N2O2S2.2K/c1-3-17-12(16)8-4-5-10-11(6-8)19-13(18-10)9(7-14)15-2;;/h4H,3H2,1H3;;/q-2;2*+1/b13-9+;;. The summed E-state index contributed by atoms with van der Waals surface area (Å²) in [7, 11) is 0. The van der Waals surface area contributed by atoms with Crippen molar-refractivity contribution in [3.05, 3.63) is 45.1 Å². The van der Waals surface area contributed by atoms with Crippen LogP contribution in [0.4, 0.5) is 0 Å². The fourth-order valence-corrected chi connectivity index (χ4v) is 3.54. The molecule has 0 spiro atoms. The van der Waals surface area contributed by atoms with Gasteiger partial charge in [-0.25, -0.2) is 10.1 Å². The minimum absolute atomic E-state index is 0. The van der Waals surface area contributed by atoms with Crippen molar-refractivity contribution in [3.8, 4) is 6.07 Å². The number of carbonyl (C=O) groups is 1. The number of hydrogen-bond acceptors (Lipinski definition) is 5. The first-order chi connectivity index (χ1) is 9.19. The number of ether oxygens (including phenoxy) is 1. The van der Waals surface area contributed by atoms with E-state index < -0.39 is 5.97 Å². The molecular weight excluding hydrogens is 358 g/mol. The van der Waals surface area contributed by atoms with E-state index in [9.17, 15) is 4.79 Å². The summed E-state index contributed by atoms with van der Waals surface area (Å²) in [5.41, 5.74) is 0.349. The molecule has 1 aromatic carbocycles. The van der Waals surface area contributed by atoms with Gasteiger partial charge in [-0.1, -0.05) is 0 Å². The van der Waals surface area contributed by atoms with Gasteiger partial charge in [0.05, 0.1) is 19.2 Å². The summed E-state index contributed by atoms with van der Waals surface area (Å²) in [6, 6.07) is 9.25. The molecule has 0 unspecified atom stereocenters. The van der Waals surface area contributed by atoms with Gasteiger partial charge in [-0.05, 0) is 6.92 Å². The van der Waals surface area contributed by atoms with Crippen LogP contribution in [0.5, 0.6) is 0 Å². The third-order valence-corrected chi connectivity index (χ3v) is 4.52. The molecule has 2 rings (SSSR count). The third-order valence-electron chi connectivity index (χ3n) is 2.10. The van der Waals surface area contributed by atoms with Crippen LogP contribution in [0, 0.1) is 30.0 Å². The molecule has 0 bridgehead atoms. The van der Waals surface area contributed by atoms with Gasteiger partial charge in [0.2, 0.25) is 0 Å². The molecular formula is C13H6K2N2O2S2. The summed E-state index contributed by atoms with van der Waals surface area (Å²) >= 11 is 2.55. The molecule has 0 radical (unpaired) electrons. The molecule has 1 heterocycles. The first kappa shape index (κ1) is 22.4. The Morgan fingerprint density at radius 1 is 1.48 bits per heavy atom. The van der Waals surface area contributed by atoms with Crippen LogP contribution in [-0.4, -0.2) is 12.6 Å². The fraction of sp³-hybridized carbons (Fsp3) is 0.154. The number of esters is 1. The molecule has 94 valence electrons. The Balaban J connectivity index is 0.00000200. The predicted molar refractivity (Wildman–Crippen MR) is 71.0 cm³/mol. The molecule has 1 aliphatic rings. The van der Waals surface area contributed by atoms with Crippen molar-refractivity contribution in [1.82, 2.24) is 0 Å². The van der Waals surface area contributed by atoms with Gasteiger partial charge in [-0.15, -0.1) is 0 Å². The maximum absolute atomic E-state index is 11.6. The zero-order chi connectivity index (χ0) is 13.8. The van der Waals surface area contributed by atoms with Gasteiger partial charge in [0.15, 0.2) is 5.97 Å². The summed E-state index contributed by atoms with van der Waals surface area (Å²) in [5.74, 6) is -0.449. The summed E-state index contributed by atoms with van der Waals surface area (Å²) in [5, 5.41) is 8.84. The van der Waals surface area contributed by atoms with Gasteiger partial charge < -0.3 is 9.53 Å². The number of thioether (sulfide) groups is 2. The van der Waals surface area contributed by atoms with Gasteiger partial charge in [0.25, 0.3) is 5.70 Å². The molecule has 0 fully saturated rings. The molecule has 1 aromatic rings. The zero-order valence-corrected chi connectivity index (χ0v) is 19.7. The smallest absolute Gasteiger partial charge is 0.514 e. The van der Waals surface area contributed by atoms with Crippen LogP contribution in [0.3, 0.4) is 0 Å². The largest absolute Gasteiger partial charge is 1.00 e. The number of fused-ring (bicyclic) bond motifs is 1. The van der Waals surface area contributed by atoms with Crippen LogP contribution in [0.1, 0.15) is 17.3 Å². The van der Waals surface area contributed by atoms with Gasteiger partial charge in [0, 0.05) is 4.24 Å². The van der Waals surface area contributed by atoms with E-state index in [-0.39, 0.29) is 108 Å². The number of hydrogen-bond donors (Lipinski definition) is 0.